The van der Waals surface area contributed by atoms with Gasteiger partial charge in [0.25, 0.3) is 0 Å². The van der Waals surface area contributed by atoms with Gasteiger partial charge in [-0.1, -0.05) is 12.1 Å². The van der Waals surface area contributed by atoms with Gasteiger partial charge in [-0.2, -0.15) is 0 Å². The zero-order valence-corrected chi connectivity index (χ0v) is 15.3. The summed E-state index contributed by atoms with van der Waals surface area (Å²) in [5, 5.41) is 10.2. The number of aliphatic hydroxyl groups is 1. The molecule has 0 aromatic heterocycles. The largest absolute Gasteiger partial charge is 0.497 e. The minimum Gasteiger partial charge on any atom is -0.497 e. The summed E-state index contributed by atoms with van der Waals surface area (Å²) in [6.45, 7) is 1.37. The quantitative estimate of drug-likeness (QED) is 0.693. The highest BCUT2D eigenvalue weighted by Gasteiger charge is 2.11. The van der Waals surface area contributed by atoms with Crippen molar-refractivity contribution in [1.82, 2.24) is 4.90 Å². The van der Waals surface area contributed by atoms with E-state index in [1.807, 2.05) is 36.2 Å². The maximum atomic E-state index is 11.4. The van der Waals surface area contributed by atoms with Crippen LogP contribution in [0.5, 0.6) is 11.5 Å². The second-order valence-corrected chi connectivity index (χ2v) is 6.03. The first-order chi connectivity index (χ1) is 12.5. The Kier molecular flexibility index (Phi) is 7.44. The summed E-state index contributed by atoms with van der Waals surface area (Å²) in [5.41, 5.74) is 1.60. The van der Waals surface area contributed by atoms with E-state index in [1.165, 1.54) is 7.11 Å². The normalized spacial score (nSPS) is 11.9. The fourth-order valence-corrected chi connectivity index (χ4v) is 2.52. The first-order valence-corrected chi connectivity index (χ1v) is 8.32. The van der Waals surface area contributed by atoms with Crippen molar-refractivity contribution in [2.75, 3.05) is 34.4 Å². The Morgan fingerprint density at radius 1 is 1.04 bits per heavy atom. The molecule has 0 aliphatic carbocycles. The van der Waals surface area contributed by atoms with Gasteiger partial charge in [-0.05, 0) is 49.0 Å². The molecule has 1 unspecified atom stereocenters. The summed E-state index contributed by atoms with van der Waals surface area (Å²) in [5.74, 6) is 1.02. The molecule has 0 spiro atoms. The van der Waals surface area contributed by atoms with Gasteiger partial charge in [-0.3, -0.25) is 4.90 Å². The van der Waals surface area contributed by atoms with Crippen molar-refractivity contribution in [2.45, 2.75) is 12.6 Å². The summed E-state index contributed by atoms with van der Waals surface area (Å²) < 4.78 is 15.4. The van der Waals surface area contributed by atoms with Crippen molar-refractivity contribution in [3.63, 3.8) is 0 Å². The van der Waals surface area contributed by atoms with E-state index in [1.54, 1.807) is 31.4 Å². The Morgan fingerprint density at radius 3 is 2.23 bits per heavy atom. The van der Waals surface area contributed by atoms with E-state index in [4.69, 9.17) is 9.47 Å². The van der Waals surface area contributed by atoms with Crippen LogP contribution in [0.2, 0.25) is 0 Å². The lowest BCUT2D eigenvalue weighted by molar-refractivity contribution is 0.0600. The van der Waals surface area contributed by atoms with Crippen LogP contribution in [0.25, 0.3) is 0 Å². The van der Waals surface area contributed by atoms with Crippen molar-refractivity contribution in [3.05, 3.63) is 59.7 Å². The summed E-state index contributed by atoms with van der Waals surface area (Å²) in [4.78, 5) is 13.4. The van der Waals surface area contributed by atoms with Crippen LogP contribution in [-0.4, -0.2) is 56.5 Å². The van der Waals surface area contributed by atoms with Crippen molar-refractivity contribution in [3.8, 4) is 11.5 Å². The second kappa shape index (κ2) is 9.79. The van der Waals surface area contributed by atoms with Crippen LogP contribution in [-0.2, 0) is 11.3 Å². The van der Waals surface area contributed by atoms with Gasteiger partial charge >= 0.3 is 5.97 Å². The number of nitrogens with zero attached hydrogens (tertiary/aromatic N) is 1. The van der Waals surface area contributed by atoms with Gasteiger partial charge in [-0.25, -0.2) is 4.79 Å². The third kappa shape index (κ3) is 6.06. The fraction of sp³-hybridized carbons (Fsp3) is 0.350. The van der Waals surface area contributed by atoms with Crippen LogP contribution >= 0.6 is 0 Å². The molecule has 0 radical (unpaired) electrons. The van der Waals surface area contributed by atoms with Gasteiger partial charge in [0.2, 0.25) is 0 Å². The number of hydrogen-bond donors (Lipinski definition) is 1. The minimum absolute atomic E-state index is 0.171. The average molecular weight is 359 g/mol. The summed E-state index contributed by atoms with van der Waals surface area (Å²) in [6, 6.07) is 14.5. The number of carbonyl (C=O) groups excluding carboxylic acids is 1. The number of hydrogen-bond acceptors (Lipinski definition) is 6. The predicted molar refractivity (Wildman–Crippen MR) is 98.6 cm³/mol. The highest BCUT2D eigenvalue weighted by atomic mass is 16.5. The maximum Gasteiger partial charge on any atom is 0.337 e. The fourth-order valence-electron chi connectivity index (χ4n) is 2.52. The predicted octanol–water partition coefficient (Wildman–Crippen LogP) is 2.35. The first-order valence-electron chi connectivity index (χ1n) is 8.32. The molecule has 1 atom stereocenters. The van der Waals surface area contributed by atoms with Crippen molar-refractivity contribution in [1.29, 1.82) is 0 Å². The molecule has 1 N–H and O–H groups in total. The Hall–Kier alpha value is -2.57. The average Bonchev–Trinajstić information content (AvgIpc) is 2.66. The number of aliphatic hydroxyl groups excluding tert-OH is 1. The molecule has 0 aliphatic rings. The van der Waals surface area contributed by atoms with E-state index in [-0.39, 0.29) is 6.61 Å². The van der Waals surface area contributed by atoms with E-state index >= 15 is 0 Å². The molecule has 2 aromatic rings. The van der Waals surface area contributed by atoms with Crippen molar-refractivity contribution < 1.29 is 24.1 Å². The van der Waals surface area contributed by atoms with Gasteiger partial charge in [0, 0.05) is 13.1 Å². The smallest absolute Gasteiger partial charge is 0.337 e. The molecule has 0 saturated carbocycles. The van der Waals surface area contributed by atoms with E-state index in [0.29, 0.717) is 17.9 Å². The molecule has 2 aromatic carbocycles. The molecule has 0 saturated heterocycles. The standard InChI is InChI=1S/C20H25NO5/c1-21(12-15-4-8-18(24-2)9-5-15)13-17(22)14-26-19-10-6-16(7-11-19)20(23)25-3/h4-11,17,22H,12-14H2,1-3H3. The number of rotatable bonds is 9. The Balaban J connectivity index is 1.76. The number of carbonyl (C=O) groups is 1. The Morgan fingerprint density at radius 2 is 1.65 bits per heavy atom. The zero-order valence-electron chi connectivity index (χ0n) is 15.3. The first kappa shape index (κ1) is 19.8. The molecule has 0 aliphatic heterocycles. The third-order valence-electron chi connectivity index (χ3n) is 3.85. The molecule has 6 nitrogen and oxygen atoms in total. The van der Waals surface area contributed by atoms with Crippen molar-refractivity contribution in [2.24, 2.45) is 0 Å². The van der Waals surface area contributed by atoms with Crippen LogP contribution in [0.15, 0.2) is 48.5 Å². The molecule has 0 bridgehead atoms. The lowest BCUT2D eigenvalue weighted by Gasteiger charge is -2.21. The van der Waals surface area contributed by atoms with Gasteiger partial charge < -0.3 is 19.3 Å². The van der Waals surface area contributed by atoms with Gasteiger partial charge in [0.05, 0.1) is 19.8 Å². The van der Waals surface area contributed by atoms with Gasteiger partial charge in [0.15, 0.2) is 0 Å². The molecule has 0 fully saturated rings. The van der Waals surface area contributed by atoms with Crippen LogP contribution in [0, 0.1) is 0 Å². The molecular weight excluding hydrogens is 334 g/mol. The van der Waals surface area contributed by atoms with Gasteiger partial charge in [-0.15, -0.1) is 0 Å². The van der Waals surface area contributed by atoms with E-state index in [2.05, 4.69) is 4.74 Å². The monoisotopic (exact) mass is 359 g/mol. The lowest BCUT2D eigenvalue weighted by Crippen LogP contribution is -2.32. The van der Waals surface area contributed by atoms with Crippen LogP contribution in [0.4, 0.5) is 0 Å². The van der Waals surface area contributed by atoms with Gasteiger partial charge in [0.1, 0.15) is 24.2 Å². The minimum atomic E-state index is -0.626. The van der Waals surface area contributed by atoms with E-state index in [9.17, 15) is 9.90 Å². The van der Waals surface area contributed by atoms with Crippen LogP contribution in [0.3, 0.4) is 0 Å². The Labute approximate surface area is 153 Å². The molecule has 6 heteroatoms. The van der Waals surface area contributed by atoms with E-state index in [0.717, 1.165) is 17.9 Å². The number of ether oxygens (including phenoxy) is 3. The third-order valence-corrected chi connectivity index (χ3v) is 3.85. The SMILES string of the molecule is COC(=O)c1ccc(OCC(O)CN(C)Cc2ccc(OC)cc2)cc1. The Bertz CT molecular complexity index is 684. The molecule has 140 valence electrons. The number of benzene rings is 2. The number of methoxy groups -OCH3 is 2. The molecule has 26 heavy (non-hydrogen) atoms. The molecule has 0 amide bonds. The highest BCUT2D eigenvalue weighted by Crippen LogP contribution is 2.14. The summed E-state index contributed by atoms with van der Waals surface area (Å²) in [7, 11) is 4.92. The number of likely N-dealkylation sites (N-methyl/N-ethyl adjacent to an activating group) is 1. The second-order valence-electron chi connectivity index (χ2n) is 6.03. The molecule has 2 rings (SSSR count). The topological polar surface area (TPSA) is 68.2 Å². The van der Waals surface area contributed by atoms with E-state index < -0.39 is 12.1 Å². The molecular formula is C20H25NO5. The van der Waals surface area contributed by atoms with Crippen LogP contribution in [0.1, 0.15) is 15.9 Å². The summed E-state index contributed by atoms with van der Waals surface area (Å²) in [6.07, 6.45) is -0.626. The lowest BCUT2D eigenvalue weighted by atomic mass is 10.2. The maximum absolute atomic E-state index is 11.4. The zero-order chi connectivity index (χ0) is 18.9. The highest BCUT2D eigenvalue weighted by molar-refractivity contribution is 5.89. The van der Waals surface area contributed by atoms with Crippen LogP contribution < -0.4 is 9.47 Å². The van der Waals surface area contributed by atoms with Crippen molar-refractivity contribution >= 4 is 5.97 Å². The summed E-state index contributed by atoms with van der Waals surface area (Å²) >= 11 is 0. The number of esters is 1. The molecule has 0 heterocycles.